The highest BCUT2D eigenvalue weighted by atomic mass is 16.5. The Bertz CT molecular complexity index is 513. The van der Waals surface area contributed by atoms with Crippen LogP contribution < -0.4 is 0 Å². The number of esters is 1. The van der Waals surface area contributed by atoms with Gasteiger partial charge in [0.2, 0.25) is 0 Å². The van der Waals surface area contributed by atoms with Gasteiger partial charge in [-0.3, -0.25) is 4.79 Å². The number of fused-ring (bicyclic) bond motifs is 1. The highest BCUT2D eigenvalue weighted by Gasteiger charge is 2.72. The zero-order chi connectivity index (χ0) is 12.0. The van der Waals surface area contributed by atoms with E-state index in [1.54, 1.807) is 7.05 Å². The predicted molar refractivity (Wildman–Crippen MR) is 57.8 cm³/mol. The molecule has 17 heavy (non-hydrogen) atoms. The molecule has 2 unspecified atom stereocenters. The maximum Gasteiger partial charge on any atom is 0.321 e. The van der Waals surface area contributed by atoms with E-state index in [0.717, 1.165) is 0 Å². The maximum atomic E-state index is 12.1. The van der Waals surface area contributed by atoms with Gasteiger partial charge in [-0.05, 0) is 5.21 Å². The molecule has 1 heterocycles. The number of hydrogen-bond acceptors (Lipinski definition) is 5. The number of aromatic nitrogens is 4. The van der Waals surface area contributed by atoms with Crippen molar-refractivity contribution in [2.24, 2.45) is 18.9 Å². The Balaban J connectivity index is 2.09. The average molecular weight is 232 g/mol. The monoisotopic (exact) mass is 232 g/mol. The third kappa shape index (κ3) is 1.15. The van der Waals surface area contributed by atoms with Crippen LogP contribution >= 0.6 is 0 Å². The quantitative estimate of drug-likeness (QED) is 0.671. The normalized spacial score (nSPS) is 33.3. The number of nitrogens with zero attached hydrogens (tertiary/aromatic N) is 4. The Morgan fingerprint density at radius 3 is 2.53 bits per heavy atom. The van der Waals surface area contributed by atoms with Crippen LogP contribution in [-0.4, -0.2) is 33.3 Å². The third-order valence-electron chi connectivity index (χ3n) is 3.48. The molecule has 0 spiro atoms. The molecular formula is C11H12N4O2. The van der Waals surface area contributed by atoms with Crippen molar-refractivity contribution in [1.29, 1.82) is 0 Å². The van der Waals surface area contributed by atoms with Gasteiger partial charge in [0.15, 0.2) is 5.82 Å². The minimum atomic E-state index is -0.771. The number of methoxy groups -OCH3 is 1. The molecule has 0 aliphatic heterocycles. The molecule has 2 aliphatic rings. The average Bonchev–Trinajstić information content (AvgIpc) is 2.85. The smallest absolute Gasteiger partial charge is 0.321 e. The lowest BCUT2D eigenvalue weighted by Gasteiger charge is -2.09. The molecule has 6 heteroatoms. The van der Waals surface area contributed by atoms with E-state index >= 15 is 0 Å². The van der Waals surface area contributed by atoms with Crippen LogP contribution in [0.2, 0.25) is 0 Å². The van der Waals surface area contributed by atoms with Crippen LogP contribution in [0.3, 0.4) is 0 Å². The molecule has 2 atom stereocenters. The fourth-order valence-electron chi connectivity index (χ4n) is 2.63. The summed E-state index contributed by atoms with van der Waals surface area (Å²) in [7, 11) is 3.07. The lowest BCUT2D eigenvalue weighted by atomic mass is 10.0. The van der Waals surface area contributed by atoms with Crippen LogP contribution in [0.5, 0.6) is 0 Å². The number of allylic oxidation sites excluding steroid dienone is 4. The van der Waals surface area contributed by atoms with Crippen molar-refractivity contribution in [3.8, 4) is 0 Å². The van der Waals surface area contributed by atoms with Crippen LogP contribution in [0.25, 0.3) is 0 Å². The zero-order valence-corrected chi connectivity index (χ0v) is 9.57. The molecule has 1 fully saturated rings. The van der Waals surface area contributed by atoms with Crippen molar-refractivity contribution >= 4 is 5.97 Å². The van der Waals surface area contributed by atoms with Crippen LogP contribution in [0.15, 0.2) is 24.3 Å². The minimum Gasteiger partial charge on any atom is -0.468 e. The van der Waals surface area contributed by atoms with Crippen molar-refractivity contribution in [1.82, 2.24) is 20.2 Å². The first kappa shape index (κ1) is 10.2. The molecule has 1 aromatic heterocycles. The minimum absolute atomic E-state index is 0.0872. The third-order valence-corrected chi connectivity index (χ3v) is 3.48. The number of carbonyl (C=O) groups is 1. The fourth-order valence-corrected chi connectivity index (χ4v) is 2.63. The zero-order valence-electron chi connectivity index (χ0n) is 9.57. The van der Waals surface area contributed by atoms with Crippen molar-refractivity contribution < 1.29 is 9.53 Å². The van der Waals surface area contributed by atoms with Gasteiger partial charge in [-0.25, -0.2) is 0 Å². The second kappa shape index (κ2) is 3.26. The molecule has 1 aromatic rings. The summed E-state index contributed by atoms with van der Waals surface area (Å²) in [5, 5.41) is 11.9. The SMILES string of the molecule is COC(=O)C1(c2nnn(C)n2)C2C=CC=CC21. The van der Waals surface area contributed by atoms with E-state index in [1.165, 1.54) is 11.9 Å². The first-order chi connectivity index (χ1) is 8.21. The summed E-state index contributed by atoms with van der Waals surface area (Å²) in [6, 6.07) is 0. The molecule has 0 bridgehead atoms. The Hall–Kier alpha value is -1.98. The molecule has 0 radical (unpaired) electrons. The molecular weight excluding hydrogens is 220 g/mol. The number of ether oxygens (including phenoxy) is 1. The fraction of sp³-hybridized carbons (Fsp3) is 0.455. The number of aryl methyl sites for hydroxylation is 1. The standard InChI is InChI=1S/C11H12N4O2/c1-15-13-9(12-14-15)11(10(16)17-2)7-5-3-4-6-8(7)11/h3-8H,1-2H3. The van der Waals surface area contributed by atoms with Gasteiger partial charge in [-0.2, -0.15) is 4.80 Å². The molecule has 2 aliphatic carbocycles. The van der Waals surface area contributed by atoms with Gasteiger partial charge in [0.25, 0.3) is 0 Å². The molecule has 0 amide bonds. The second-order valence-corrected chi connectivity index (χ2v) is 4.28. The van der Waals surface area contributed by atoms with E-state index < -0.39 is 5.41 Å². The van der Waals surface area contributed by atoms with Crippen molar-refractivity contribution in [2.75, 3.05) is 7.11 Å². The predicted octanol–water partition coefficient (Wildman–Crippen LogP) is -0.00710. The lowest BCUT2D eigenvalue weighted by Crippen LogP contribution is -2.27. The van der Waals surface area contributed by atoms with E-state index in [-0.39, 0.29) is 17.8 Å². The van der Waals surface area contributed by atoms with Gasteiger partial charge in [-0.1, -0.05) is 24.3 Å². The van der Waals surface area contributed by atoms with Crippen molar-refractivity contribution in [3.63, 3.8) is 0 Å². The summed E-state index contributed by atoms with van der Waals surface area (Å²) >= 11 is 0. The number of rotatable bonds is 2. The number of hydrogen-bond donors (Lipinski definition) is 0. The van der Waals surface area contributed by atoms with E-state index in [9.17, 15) is 4.79 Å². The van der Waals surface area contributed by atoms with E-state index in [1.807, 2.05) is 24.3 Å². The van der Waals surface area contributed by atoms with Crippen molar-refractivity contribution in [2.45, 2.75) is 5.41 Å². The molecule has 0 saturated heterocycles. The van der Waals surface area contributed by atoms with Gasteiger partial charge in [0.1, 0.15) is 5.41 Å². The summed E-state index contributed by atoms with van der Waals surface area (Å²) in [6.07, 6.45) is 7.86. The summed E-state index contributed by atoms with van der Waals surface area (Å²) in [5.41, 5.74) is -0.771. The summed E-state index contributed by atoms with van der Waals surface area (Å²) in [6.45, 7) is 0. The van der Waals surface area contributed by atoms with Crippen LogP contribution in [0.4, 0.5) is 0 Å². The highest BCUT2D eigenvalue weighted by Crippen LogP contribution is 2.62. The van der Waals surface area contributed by atoms with E-state index in [4.69, 9.17) is 4.74 Å². The summed E-state index contributed by atoms with van der Waals surface area (Å²) < 4.78 is 4.91. The summed E-state index contributed by atoms with van der Waals surface area (Å²) in [5.74, 6) is 0.322. The Morgan fingerprint density at radius 2 is 2.06 bits per heavy atom. The molecule has 1 saturated carbocycles. The van der Waals surface area contributed by atoms with Gasteiger partial charge < -0.3 is 4.74 Å². The molecule has 3 rings (SSSR count). The van der Waals surface area contributed by atoms with Gasteiger partial charge in [0.05, 0.1) is 14.2 Å². The maximum absolute atomic E-state index is 12.1. The van der Waals surface area contributed by atoms with Crippen LogP contribution in [0.1, 0.15) is 5.82 Å². The van der Waals surface area contributed by atoms with Gasteiger partial charge in [0, 0.05) is 11.8 Å². The van der Waals surface area contributed by atoms with Crippen molar-refractivity contribution in [3.05, 3.63) is 30.1 Å². The van der Waals surface area contributed by atoms with Crippen LogP contribution in [-0.2, 0) is 22.0 Å². The van der Waals surface area contributed by atoms with E-state index in [0.29, 0.717) is 5.82 Å². The van der Waals surface area contributed by atoms with Gasteiger partial charge >= 0.3 is 5.97 Å². The molecule has 0 aromatic carbocycles. The van der Waals surface area contributed by atoms with Crippen LogP contribution in [0, 0.1) is 11.8 Å². The highest BCUT2D eigenvalue weighted by molar-refractivity contribution is 5.88. The largest absolute Gasteiger partial charge is 0.468 e. The Morgan fingerprint density at radius 1 is 1.41 bits per heavy atom. The molecule has 0 N–H and O–H groups in total. The lowest BCUT2D eigenvalue weighted by molar-refractivity contribution is -0.144. The Kier molecular flexibility index (Phi) is 1.95. The number of tetrazole rings is 1. The first-order valence-electron chi connectivity index (χ1n) is 5.39. The number of carbonyl (C=O) groups excluding carboxylic acids is 1. The second-order valence-electron chi connectivity index (χ2n) is 4.28. The van der Waals surface area contributed by atoms with Gasteiger partial charge in [-0.15, -0.1) is 10.2 Å². The topological polar surface area (TPSA) is 69.9 Å². The Labute approximate surface area is 97.9 Å². The van der Waals surface area contributed by atoms with E-state index in [2.05, 4.69) is 15.4 Å². The molecule has 88 valence electrons. The summed E-state index contributed by atoms with van der Waals surface area (Å²) in [4.78, 5) is 13.4. The molecule has 6 nitrogen and oxygen atoms in total. The first-order valence-corrected chi connectivity index (χ1v) is 5.39.